The summed E-state index contributed by atoms with van der Waals surface area (Å²) in [6, 6.07) is 9.02. The highest BCUT2D eigenvalue weighted by molar-refractivity contribution is 7.15. The maximum absolute atomic E-state index is 13.4. The van der Waals surface area contributed by atoms with Crippen LogP contribution in [0.2, 0.25) is 0 Å². The average molecular weight is 438 g/mol. The molecule has 4 amide bonds. The van der Waals surface area contributed by atoms with Crippen molar-refractivity contribution in [1.29, 1.82) is 0 Å². The Bertz CT molecular complexity index is 1020. The zero-order valence-electron chi connectivity index (χ0n) is 17.0. The molecule has 2 aromatic rings. The molecule has 0 unspecified atom stereocenters. The van der Waals surface area contributed by atoms with E-state index in [1.54, 1.807) is 6.92 Å². The third kappa shape index (κ3) is 3.63. The number of amides is 4. The van der Waals surface area contributed by atoms with Crippen molar-refractivity contribution in [2.24, 2.45) is 23.7 Å². The third-order valence-electron chi connectivity index (χ3n) is 6.42. The molecule has 9 heteroatoms. The second-order valence-electron chi connectivity index (χ2n) is 8.32. The standard InChI is InChI=1S/C22H23N5O3S/c1-12-25-26-22(31-12)24-21(30)23-16(11-13-5-3-2-4-6-13)27-19(28)17-14-7-8-15(10-9-14)18(17)20(27)29/h2-8,14-18H,9-11H2,1H3,(H2,23,24,26,30)/t14-,15-,16+,17-,18+/m0/s1. The van der Waals surface area contributed by atoms with E-state index >= 15 is 0 Å². The number of anilines is 1. The molecular formula is C22H23N5O3S. The van der Waals surface area contributed by atoms with Crippen molar-refractivity contribution >= 4 is 34.3 Å². The summed E-state index contributed by atoms with van der Waals surface area (Å²) in [6.07, 6.45) is 5.61. The Hall–Kier alpha value is -3.07. The fraction of sp³-hybridized carbons (Fsp3) is 0.409. The van der Waals surface area contributed by atoms with Gasteiger partial charge < -0.3 is 5.32 Å². The molecule has 8 nitrogen and oxygen atoms in total. The fourth-order valence-corrected chi connectivity index (χ4v) is 5.67. The van der Waals surface area contributed by atoms with Gasteiger partial charge in [0.15, 0.2) is 0 Å². The number of nitrogens with zero attached hydrogens (tertiary/aromatic N) is 3. The monoisotopic (exact) mass is 437 g/mol. The number of aromatic nitrogens is 2. The number of nitrogens with one attached hydrogen (secondary N) is 2. The first-order chi connectivity index (χ1) is 15.0. The van der Waals surface area contributed by atoms with Crippen LogP contribution in [0.5, 0.6) is 0 Å². The molecule has 1 saturated carbocycles. The number of hydrogen-bond acceptors (Lipinski definition) is 6. The van der Waals surface area contributed by atoms with Gasteiger partial charge in [0.05, 0.1) is 11.8 Å². The minimum atomic E-state index is -0.776. The van der Waals surface area contributed by atoms with Crippen molar-refractivity contribution in [2.75, 3.05) is 5.32 Å². The normalized spacial score (nSPS) is 27.3. The first-order valence-electron chi connectivity index (χ1n) is 10.5. The molecular weight excluding hydrogens is 414 g/mol. The van der Waals surface area contributed by atoms with Gasteiger partial charge in [-0.05, 0) is 37.2 Å². The number of likely N-dealkylation sites (tertiary alicyclic amines) is 1. The highest BCUT2D eigenvalue weighted by Gasteiger charge is 2.58. The lowest BCUT2D eigenvalue weighted by Gasteiger charge is -2.38. The van der Waals surface area contributed by atoms with E-state index in [-0.39, 0.29) is 35.5 Å². The van der Waals surface area contributed by atoms with Crippen molar-refractivity contribution in [3.63, 3.8) is 0 Å². The van der Waals surface area contributed by atoms with E-state index in [1.165, 1.54) is 16.2 Å². The van der Waals surface area contributed by atoms with Crippen LogP contribution < -0.4 is 10.6 Å². The van der Waals surface area contributed by atoms with E-state index in [2.05, 4.69) is 33.0 Å². The molecule has 2 fully saturated rings. The molecule has 2 bridgehead atoms. The maximum Gasteiger partial charge on any atom is 0.322 e. The Kier molecular flexibility index (Phi) is 5.05. The quantitative estimate of drug-likeness (QED) is 0.553. The van der Waals surface area contributed by atoms with Gasteiger partial charge in [-0.3, -0.25) is 19.8 Å². The number of carbonyl (C=O) groups excluding carboxylic acids is 3. The van der Waals surface area contributed by atoms with E-state index in [4.69, 9.17) is 0 Å². The molecule has 1 aromatic carbocycles. The second-order valence-corrected chi connectivity index (χ2v) is 9.50. The van der Waals surface area contributed by atoms with E-state index in [9.17, 15) is 14.4 Å². The first kappa shape index (κ1) is 19.9. The van der Waals surface area contributed by atoms with Crippen LogP contribution in [0.15, 0.2) is 42.5 Å². The zero-order valence-corrected chi connectivity index (χ0v) is 17.8. The Morgan fingerprint density at radius 2 is 1.74 bits per heavy atom. The summed E-state index contributed by atoms with van der Waals surface area (Å²) in [6.45, 7) is 1.80. The lowest BCUT2D eigenvalue weighted by atomic mass is 9.63. The smallest absolute Gasteiger partial charge is 0.317 e. The Morgan fingerprint density at radius 3 is 2.29 bits per heavy atom. The molecule has 3 aliphatic carbocycles. The number of fused-ring (bicyclic) bond motifs is 1. The van der Waals surface area contributed by atoms with E-state index in [0.717, 1.165) is 23.4 Å². The summed E-state index contributed by atoms with van der Waals surface area (Å²) < 4.78 is 0. The zero-order chi connectivity index (χ0) is 21.5. The number of aryl methyl sites for hydroxylation is 1. The minimum absolute atomic E-state index is 0.104. The molecule has 6 rings (SSSR count). The van der Waals surface area contributed by atoms with Crippen LogP contribution >= 0.6 is 11.3 Å². The van der Waals surface area contributed by atoms with Gasteiger partial charge in [0, 0.05) is 6.42 Å². The van der Waals surface area contributed by atoms with Gasteiger partial charge >= 0.3 is 6.03 Å². The molecule has 4 aliphatic rings. The number of carbonyl (C=O) groups is 3. The van der Waals surface area contributed by atoms with Gasteiger partial charge in [-0.2, -0.15) is 0 Å². The molecule has 2 heterocycles. The van der Waals surface area contributed by atoms with Crippen LogP contribution in [0.1, 0.15) is 23.4 Å². The van der Waals surface area contributed by atoms with Crippen LogP contribution in [0, 0.1) is 30.6 Å². The predicted octanol–water partition coefficient (Wildman–Crippen LogP) is 2.73. The van der Waals surface area contributed by atoms with Crippen molar-refractivity contribution in [3.8, 4) is 0 Å². The minimum Gasteiger partial charge on any atom is -0.317 e. The molecule has 0 spiro atoms. The summed E-state index contributed by atoms with van der Waals surface area (Å²) in [7, 11) is 0. The SMILES string of the molecule is Cc1nnc(NC(=O)N[C@@H](Cc2ccccc2)N2C(=O)[C@@H]3[C@H](C2=O)[C@H]2C=C[C@H]3CC2)s1. The van der Waals surface area contributed by atoms with Crippen LogP contribution in [0.3, 0.4) is 0 Å². The summed E-state index contributed by atoms with van der Waals surface area (Å²) in [5, 5.41) is 14.4. The average Bonchev–Trinajstić information content (AvgIpc) is 3.30. The summed E-state index contributed by atoms with van der Waals surface area (Å²) in [4.78, 5) is 40.8. The highest BCUT2D eigenvalue weighted by Crippen LogP contribution is 2.50. The van der Waals surface area contributed by atoms with Crippen molar-refractivity contribution in [1.82, 2.24) is 20.4 Å². The number of urea groups is 1. The second kappa shape index (κ2) is 7.88. The van der Waals surface area contributed by atoms with Crippen LogP contribution in [-0.2, 0) is 16.0 Å². The number of allylic oxidation sites excluding steroid dienone is 2. The van der Waals surface area contributed by atoms with Gasteiger partial charge in [0.2, 0.25) is 16.9 Å². The summed E-state index contributed by atoms with van der Waals surface area (Å²) in [5.74, 6) is -0.779. The molecule has 0 radical (unpaired) electrons. The van der Waals surface area contributed by atoms with Crippen LogP contribution in [-0.4, -0.2) is 39.1 Å². The van der Waals surface area contributed by atoms with E-state index in [0.29, 0.717) is 11.6 Å². The molecule has 31 heavy (non-hydrogen) atoms. The van der Waals surface area contributed by atoms with Crippen molar-refractivity contribution in [3.05, 3.63) is 53.1 Å². The Morgan fingerprint density at radius 1 is 1.10 bits per heavy atom. The van der Waals surface area contributed by atoms with Gasteiger partial charge in [-0.15, -0.1) is 10.2 Å². The van der Waals surface area contributed by atoms with Gasteiger partial charge in [0.1, 0.15) is 11.2 Å². The number of rotatable bonds is 5. The van der Waals surface area contributed by atoms with Crippen LogP contribution in [0.25, 0.3) is 0 Å². The topological polar surface area (TPSA) is 104 Å². The number of benzene rings is 1. The predicted molar refractivity (Wildman–Crippen MR) is 115 cm³/mol. The van der Waals surface area contributed by atoms with Crippen molar-refractivity contribution in [2.45, 2.75) is 32.4 Å². The highest BCUT2D eigenvalue weighted by atomic mass is 32.1. The van der Waals surface area contributed by atoms with Gasteiger partial charge in [-0.25, -0.2) is 4.79 Å². The van der Waals surface area contributed by atoms with Gasteiger partial charge in [-0.1, -0.05) is 53.8 Å². The Labute approximate surface area is 183 Å². The van der Waals surface area contributed by atoms with Crippen LogP contribution in [0.4, 0.5) is 9.93 Å². The molecule has 5 atom stereocenters. The molecule has 1 aliphatic heterocycles. The summed E-state index contributed by atoms with van der Waals surface area (Å²) >= 11 is 1.26. The van der Waals surface area contributed by atoms with E-state index in [1.807, 2.05) is 30.3 Å². The summed E-state index contributed by atoms with van der Waals surface area (Å²) in [5.41, 5.74) is 0.927. The lowest BCUT2D eigenvalue weighted by molar-refractivity contribution is -0.143. The van der Waals surface area contributed by atoms with Crippen molar-refractivity contribution < 1.29 is 14.4 Å². The fourth-order valence-electron chi connectivity index (χ4n) is 5.08. The molecule has 1 saturated heterocycles. The van der Waals surface area contributed by atoms with E-state index < -0.39 is 12.2 Å². The maximum atomic E-state index is 13.4. The molecule has 1 aromatic heterocycles. The lowest BCUT2D eigenvalue weighted by Crippen LogP contribution is -2.53. The number of hydrogen-bond donors (Lipinski definition) is 2. The molecule has 160 valence electrons. The molecule has 2 N–H and O–H groups in total. The van der Waals surface area contributed by atoms with Gasteiger partial charge in [0.25, 0.3) is 0 Å². The third-order valence-corrected chi connectivity index (χ3v) is 7.18. The first-order valence-corrected chi connectivity index (χ1v) is 11.3. The Balaban J connectivity index is 1.40. The largest absolute Gasteiger partial charge is 0.322 e. The number of imide groups is 1.